The van der Waals surface area contributed by atoms with Crippen molar-refractivity contribution >= 4 is 60.7 Å². The van der Waals surface area contributed by atoms with Gasteiger partial charge in [0, 0.05) is 23.7 Å². The van der Waals surface area contributed by atoms with Crippen molar-refractivity contribution in [2.24, 2.45) is 0 Å². The molecule has 2 N–H and O–H groups in total. The summed E-state index contributed by atoms with van der Waals surface area (Å²) in [5.74, 6) is -0.259. The molecule has 1 amide bonds. The van der Waals surface area contributed by atoms with Gasteiger partial charge in [-0.05, 0) is 60.9 Å². The number of carbonyl (C=O) groups is 1. The second-order valence-corrected chi connectivity index (χ2v) is 12.6. The van der Waals surface area contributed by atoms with Gasteiger partial charge < -0.3 is 9.64 Å². The molecule has 0 unspecified atom stereocenters. The Balaban J connectivity index is 1.54. The van der Waals surface area contributed by atoms with E-state index in [9.17, 15) is 21.6 Å². The Kier molecular flexibility index (Phi) is 8.34. The monoisotopic (exact) mass is 581 g/mol. The van der Waals surface area contributed by atoms with Crippen molar-refractivity contribution in [3.63, 3.8) is 0 Å². The second kappa shape index (κ2) is 11.3. The van der Waals surface area contributed by atoms with Gasteiger partial charge in [-0.2, -0.15) is 0 Å². The van der Waals surface area contributed by atoms with E-state index in [1.54, 1.807) is 29.2 Å². The van der Waals surface area contributed by atoms with Crippen LogP contribution in [-0.4, -0.2) is 60.2 Å². The first-order chi connectivity index (χ1) is 17.6. The van der Waals surface area contributed by atoms with Crippen molar-refractivity contribution in [2.75, 3.05) is 42.0 Å². The number of hydrogen-bond donors (Lipinski definition) is 2. The number of para-hydroxylation sites is 1. The first-order valence-corrected chi connectivity index (χ1v) is 15.6. The summed E-state index contributed by atoms with van der Waals surface area (Å²) in [4.78, 5) is 15.2. The van der Waals surface area contributed by atoms with Gasteiger partial charge in [0.2, 0.25) is 0 Å². The van der Waals surface area contributed by atoms with E-state index < -0.39 is 20.0 Å². The minimum Gasteiger partial charge on any atom is -0.378 e. The number of nitrogens with one attached hydrogen (secondary N) is 2. The third-order valence-electron chi connectivity index (χ3n) is 5.54. The third-order valence-corrected chi connectivity index (χ3v) is 9.43. The van der Waals surface area contributed by atoms with Crippen molar-refractivity contribution in [3.05, 3.63) is 77.3 Å². The maximum absolute atomic E-state index is 13.1. The number of halogens is 1. The number of sulfonamides is 2. The highest BCUT2D eigenvalue weighted by Crippen LogP contribution is 2.28. The van der Waals surface area contributed by atoms with Crippen LogP contribution in [0.1, 0.15) is 10.4 Å². The lowest BCUT2D eigenvalue weighted by Crippen LogP contribution is -2.40. The highest BCUT2D eigenvalue weighted by atomic mass is 35.5. The summed E-state index contributed by atoms with van der Waals surface area (Å²) >= 11 is 7.38. The van der Waals surface area contributed by atoms with Gasteiger partial charge in [-0.15, -0.1) is 11.8 Å². The molecule has 1 aliphatic heterocycles. The zero-order chi connectivity index (χ0) is 26.6. The number of benzene rings is 3. The van der Waals surface area contributed by atoms with Gasteiger partial charge in [0.25, 0.3) is 26.0 Å². The van der Waals surface area contributed by atoms with E-state index in [0.29, 0.717) is 36.8 Å². The first-order valence-electron chi connectivity index (χ1n) is 11.1. The van der Waals surface area contributed by atoms with Crippen LogP contribution in [0.25, 0.3) is 0 Å². The van der Waals surface area contributed by atoms with Crippen LogP contribution >= 0.6 is 23.4 Å². The van der Waals surface area contributed by atoms with E-state index in [0.717, 1.165) is 0 Å². The van der Waals surface area contributed by atoms with Crippen LogP contribution in [0.5, 0.6) is 0 Å². The van der Waals surface area contributed by atoms with Crippen LogP contribution < -0.4 is 9.44 Å². The number of morpholine rings is 1. The smallest absolute Gasteiger partial charge is 0.261 e. The summed E-state index contributed by atoms with van der Waals surface area (Å²) < 4.78 is 61.8. The average Bonchev–Trinajstić information content (AvgIpc) is 2.89. The Morgan fingerprint density at radius 2 is 1.51 bits per heavy atom. The molecule has 37 heavy (non-hydrogen) atoms. The lowest BCUT2D eigenvalue weighted by Gasteiger charge is -2.27. The van der Waals surface area contributed by atoms with E-state index in [2.05, 4.69) is 9.44 Å². The van der Waals surface area contributed by atoms with E-state index in [-0.39, 0.29) is 32.1 Å². The number of ether oxygens (including phenoxy) is 1. The van der Waals surface area contributed by atoms with Crippen LogP contribution in [0.15, 0.2) is 81.4 Å². The summed E-state index contributed by atoms with van der Waals surface area (Å²) in [7, 11) is -8.01. The second-order valence-electron chi connectivity index (χ2n) is 7.98. The van der Waals surface area contributed by atoms with Crippen LogP contribution in [0.2, 0.25) is 5.02 Å². The summed E-state index contributed by atoms with van der Waals surface area (Å²) in [6.07, 6.45) is 1.81. The van der Waals surface area contributed by atoms with Crippen LogP contribution in [0, 0.1) is 0 Å². The summed E-state index contributed by atoms with van der Waals surface area (Å²) in [5, 5.41) is 0.245. The van der Waals surface area contributed by atoms with Gasteiger partial charge in [0.05, 0.1) is 39.3 Å². The average molecular weight is 582 g/mol. The van der Waals surface area contributed by atoms with E-state index >= 15 is 0 Å². The molecule has 0 atom stereocenters. The number of thioether (sulfide) groups is 1. The Hall–Kier alpha value is -2.77. The Morgan fingerprint density at radius 1 is 0.892 bits per heavy atom. The molecule has 1 saturated heterocycles. The van der Waals surface area contributed by atoms with Crippen molar-refractivity contribution < 1.29 is 26.4 Å². The molecule has 0 aliphatic carbocycles. The standard InChI is InChI=1S/C24H24ClN3O6S3/c1-35-23-11-10-19(16-20(23)24(29)28-12-14-34-15-13-28)37(32,33)26-17-6-8-18(9-7-17)36(30,31)27-22-5-3-2-4-21(22)25/h2-11,16,26-27H,12-15H2,1H3. The quantitative estimate of drug-likeness (QED) is 0.383. The number of anilines is 2. The van der Waals surface area contributed by atoms with Gasteiger partial charge in [-0.3, -0.25) is 14.2 Å². The van der Waals surface area contributed by atoms with E-state index in [4.69, 9.17) is 16.3 Å². The van der Waals surface area contributed by atoms with E-state index in [1.807, 2.05) is 6.26 Å². The molecule has 1 aliphatic rings. The SMILES string of the molecule is CSc1ccc(S(=O)(=O)Nc2ccc(S(=O)(=O)Nc3ccccc3Cl)cc2)cc1C(=O)N1CCOCC1. The molecule has 196 valence electrons. The number of amides is 1. The predicted molar refractivity (Wildman–Crippen MR) is 144 cm³/mol. The molecule has 0 aromatic heterocycles. The first kappa shape index (κ1) is 27.3. The summed E-state index contributed by atoms with van der Waals surface area (Å²) in [6, 6.07) is 16.0. The highest BCUT2D eigenvalue weighted by Gasteiger charge is 2.24. The van der Waals surface area contributed by atoms with Crippen LogP contribution in [0.3, 0.4) is 0 Å². The number of rotatable bonds is 8. The summed E-state index contributed by atoms with van der Waals surface area (Å²) in [5.41, 5.74) is 0.682. The third kappa shape index (κ3) is 6.39. The molecular weight excluding hydrogens is 558 g/mol. The van der Waals surface area contributed by atoms with Crippen LogP contribution in [0.4, 0.5) is 11.4 Å². The van der Waals surface area contributed by atoms with Gasteiger partial charge in [-0.1, -0.05) is 23.7 Å². The maximum Gasteiger partial charge on any atom is 0.261 e. The number of carbonyl (C=O) groups excluding carboxylic acids is 1. The molecule has 1 heterocycles. The summed E-state index contributed by atoms with van der Waals surface area (Å²) in [6.45, 7) is 1.73. The minimum absolute atomic E-state index is 0.0712. The van der Waals surface area contributed by atoms with Gasteiger partial charge in [0.15, 0.2) is 0 Å². The minimum atomic E-state index is -4.06. The molecular formula is C24H24ClN3O6S3. The fourth-order valence-electron chi connectivity index (χ4n) is 3.62. The van der Waals surface area contributed by atoms with Crippen LogP contribution in [-0.2, 0) is 24.8 Å². The molecule has 0 radical (unpaired) electrons. The molecule has 9 nitrogen and oxygen atoms in total. The Bertz CT molecular complexity index is 1510. The molecule has 0 spiro atoms. The normalized spacial score (nSPS) is 14.3. The fraction of sp³-hybridized carbons (Fsp3) is 0.208. The largest absolute Gasteiger partial charge is 0.378 e. The zero-order valence-corrected chi connectivity index (χ0v) is 22.9. The molecule has 0 saturated carbocycles. The lowest BCUT2D eigenvalue weighted by molar-refractivity contribution is 0.0300. The lowest BCUT2D eigenvalue weighted by atomic mass is 10.2. The number of hydrogen-bond acceptors (Lipinski definition) is 7. The molecule has 3 aromatic rings. The Morgan fingerprint density at radius 3 is 2.16 bits per heavy atom. The Labute approximate surface area is 225 Å². The molecule has 3 aromatic carbocycles. The van der Waals surface area contributed by atoms with Gasteiger partial charge in [0.1, 0.15) is 0 Å². The van der Waals surface area contributed by atoms with Gasteiger partial charge in [-0.25, -0.2) is 16.8 Å². The zero-order valence-electron chi connectivity index (χ0n) is 19.7. The fourth-order valence-corrected chi connectivity index (χ4v) is 6.60. The van der Waals surface area contributed by atoms with Gasteiger partial charge >= 0.3 is 0 Å². The number of nitrogens with zero attached hydrogens (tertiary/aromatic N) is 1. The molecule has 13 heteroatoms. The van der Waals surface area contributed by atoms with Crippen molar-refractivity contribution in [2.45, 2.75) is 14.7 Å². The van der Waals surface area contributed by atoms with Crippen molar-refractivity contribution in [3.8, 4) is 0 Å². The van der Waals surface area contributed by atoms with E-state index in [1.165, 1.54) is 54.2 Å². The maximum atomic E-state index is 13.1. The molecule has 0 bridgehead atoms. The molecule has 1 fully saturated rings. The molecule has 4 rings (SSSR count). The highest BCUT2D eigenvalue weighted by molar-refractivity contribution is 7.98. The predicted octanol–water partition coefficient (Wildman–Crippen LogP) is 4.14. The van der Waals surface area contributed by atoms with Crippen molar-refractivity contribution in [1.82, 2.24) is 4.90 Å². The topological polar surface area (TPSA) is 122 Å². The van der Waals surface area contributed by atoms with Crippen molar-refractivity contribution in [1.29, 1.82) is 0 Å².